The average Bonchev–Trinajstić information content (AvgIpc) is 2.59. The molecule has 15 heavy (non-hydrogen) atoms. The summed E-state index contributed by atoms with van der Waals surface area (Å²) in [6, 6.07) is 0.493. The highest BCUT2D eigenvalue weighted by molar-refractivity contribution is 7.19. The molecule has 0 saturated carbocycles. The predicted molar refractivity (Wildman–Crippen MR) is 68.5 cm³/mol. The Labute approximate surface area is 96.3 Å². The zero-order valence-electron chi connectivity index (χ0n) is 9.86. The average molecular weight is 227 g/mol. The normalized spacial score (nSPS) is 10.9. The van der Waals surface area contributed by atoms with Crippen LogP contribution in [0.1, 0.15) is 40.0 Å². The molecule has 0 aliphatic carbocycles. The number of unbranched alkanes of at least 4 members (excludes halogenated alkanes) is 2. The summed E-state index contributed by atoms with van der Waals surface area (Å²) in [7, 11) is 0. The quantitative estimate of drug-likeness (QED) is 0.759. The molecular weight excluding hydrogens is 206 g/mol. The number of nitrogens with zero attached hydrogens (tertiary/aromatic N) is 2. The molecule has 2 N–H and O–H groups in total. The zero-order valence-corrected chi connectivity index (χ0v) is 10.7. The molecule has 3 nitrogen and oxygen atoms in total. The van der Waals surface area contributed by atoms with Crippen molar-refractivity contribution in [2.24, 2.45) is 0 Å². The maximum Gasteiger partial charge on any atom is 0.187 e. The Kier molecular flexibility index (Phi) is 4.88. The van der Waals surface area contributed by atoms with Gasteiger partial charge in [-0.15, -0.1) is 0 Å². The molecule has 4 heteroatoms. The van der Waals surface area contributed by atoms with E-state index in [-0.39, 0.29) is 0 Å². The van der Waals surface area contributed by atoms with Crippen LogP contribution in [-0.4, -0.2) is 17.6 Å². The SMILES string of the molecule is CCCCCN(c1ncc(N)s1)C(C)C. The summed E-state index contributed by atoms with van der Waals surface area (Å²) in [5.41, 5.74) is 5.70. The standard InChI is InChI=1S/C11H21N3S/c1-4-5-6-7-14(9(2)3)11-13-8-10(12)15-11/h8-9H,4-7,12H2,1-3H3. The molecule has 86 valence electrons. The van der Waals surface area contributed by atoms with Crippen LogP contribution < -0.4 is 10.6 Å². The predicted octanol–water partition coefficient (Wildman–Crippen LogP) is 3.13. The Morgan fingerprint density at radius 1 is 1.47 bits per heavy atom. The number of hydrogen-bond acceptors (Lipinski definition) is 4. The Bertz CT molecular complexity index is 283. The second-order valence-electron chi connectivity index (χ2n) is 4.04. The highest BCUT2D eigenvalue weighted by Crippen LogP contribution is 2.25. The van der Waals surface area contributed by atoms with E-state index in [1.807, 2.05) is 0 Å². The van der Waals surface area contributed by atoms with Gasteiger partial charge >= 0.3 is 0 Å². The van der Waals surface area contributed by atoms with Crippen molar-refractivity contribution in [3.05, 3.63) is 6.20 Å². The molecule has 0 fully saturated rings. The fraction of sp³-hybridized carbons (Fsp3) is 0.727. The Hall–Kier alpha value is -0.770. The molecule has 0 unspecified atom stereocenters. The van der Waals surface area contributed by atoms with Crippen molar-refractivity contribution >= 4 is 21.5 Å². The summed E-state index contributed by atoms with van der Waals surface area (Å²) >= 11 is 1.57. The van der Waals surface area contributed by atoms with Crippen molar-refractivity contribution in [2.75, 3.05) is 17.2 Å². The Morgan fingerprint density at radius 2 is 2.20 bits per heavy atom. The monoisotopic (exact) mass is 227 g/mol. The molecule has 0 amide bonds. The summed E-state index contributed by atoms with van der Waals surface area (Å²) in [5, 5.41) is 1.85. The molecular formula is C11H21N3S. The molecule has 1 aromatic heterocycles. The van der Waals surface area contributed by atoms with E-state index >= 15 is 0 Å². The molecule has 0 aromatic carbocycles. The van der Waals surface area contributed by atoms with Gasteiger partial charge in [0.05, 0.1) is 6.20 Å². The Balaban J connectivity index is 2.58. The van der Waals surface area contributed by atoms with Gasteiger partial charge in [-0.05, 0) is 20.3 Å². The largest absolute Gasteiger partial charge is 0.389 e. The molecule has 0 aliphatic rings. The molecule has 0 atom stereocenters. The summed E-state index contributed by atoms with van der Waals surface area (Å²) in [5.74, 6) is 0. The van der Waals surface area contributed by atoms with E-state index in [4.69, 9.17) is 5.73 Å². The van der Waals surface area contributed by atoms with Crippen LogP contribution in [0.4, 0.5) is 10.1 Å². The number of anilines is 2. The minimum Gasteiger partial charge on any atom is -0.389 e. The van der Waals surface area contributed by atoms with Crippen LogP contribution in [0.5, 0.6) is 0 Å². The van der Waals surface area contributed by atoms with Crippen molar-refractivity contribution in [1.82, 2.24) is 4.98 Å². The first-order valence-corrected chi connectivity index (χ1v) is 6.44. The van der Waals surface area contributed by atoms with E-state index in [0.29, 0.717) is 6.04 Å². The highest BCUT2D eigenvalue weighted by Gasteiger charge is 2.13. The third-order valence-corrected chi connectivity index (χ3v) is 3.25. The summed E-state index contributed by atoms with van der Waals surface area (Å²) in [6.45, 7) is 7.70. The van der Waals surface area contributed by atoms with Crippen molar-refractivity contribution in [3.8, 4) is 0 Å². The van der Waals surface area contributed by atoms with Crippen LogP contribution in [0.2, 0.25) is 0 Å². The summed E-state index contributed by atoms with van der Waals surface area (Å²) in [6.07, 6.45) is 5.51. The topological polar surface area (TPSA) is 42.2 Å². The maximum atomic E-state index is 5.70. The van der Waals surface area contributed by atoms with Gasteiger partial charge in [-0.2, -0.15) is 0 Å². The van der Waals surface area contributed by atoms with Crippen LogP contribution >= 0.6 is 11.3 Å². The van der Waals surface area contributed by atoms with Crippen LogP contribution in [0.25, 0.3) is 0 Å². The molecule has 1 rings (SSSR count). The molecule has 0 bridgehead atoms. The number of thiazole rings is 1. The highest BCUT2D eigenvalue weighted by atomic mass is 32.1. The van der Waals surface area contributed by atoms with Gasteiger partial charge in [0.15, 0.2) is 5.13 Å². The van der Waals surface area contributed by atoms with Crippen LogP contribution in [-0.2, 0) is 0 Å². The van der Waals surface area contributed by atoms with Gasteiger partial charge in [-0.25, -0.2) is 4.98 Å². The molecule has 0 radical (unpaired) electrons. The molecule has 0 aliphatic heterocycles. The fourth-order valence-electron chi connectivity index (χ4n) is 1.52. The van der Waals surface area contributed by atoms with Crippen molar-refractivity contribution in [2.45, 2.75) is 46.1 Å². The number of hydrogen-bond donors (Lipinski definition) is 1. The van der Waals surface area contributed by atoms with E-state index in [2.05, 4.69) is 30.7 Å². The second-order valence-corrected chi connectivity index (χ2v) is 5.08. The first-order valence-electron chi connectivity index (χ1n) is 5.63. The van der Waals surface area contributed by atoms with Gasteiger partial charge in [0, 0.05) is 12.6 Å². The number of nitrogen functional groups attached to an aromatic ring is 1. The minimum atomic E-state index is 0.493. The van der Waals surface area contributed by atoms with Gasteiger partial charge in [0.1, 0.15) is 5.00 Å². The van der Waals surface area contributed by atoms with Crippen LogP contribution in [0.15, 0.2) is 6.20 Å². The molecule has 0 saturated heterocycles. The van der Waals surface area contributed by atoms with Crippen LogP contribution in [0, 0.1) is 0 Å². The summed E-state index contributed by atoms with van der Waals surface area (Å²) < 4.78 is 0. The van der Waals surface area contributed by atoms with Gasteiger partial charge in [-0.3, -0.25) is 0 Å². The van der Waals surface area contributed by atoms with Crippen molar-refractivity contribution in [1.29, 1.82) is 0 Å². The smallest absolute Gasteiger partial charge is 0.187 e. The second kappa shape index (κ2) is 5.95. The first kappa shape index (κ1) is 12.3. The third-order valence-electron chi connectivity index (χ3n) is 2.38. The third kappa shape index (κ3) is 3.70. The summed E-state index contributed by atoms with van der Waals surface area (Å²) in [4.78, 5) is 6.67. The maximum absolute atomic E-state index is 5.70. The lowest BCUT2D eigenvalue weighted by Crippen LogP contribution is -2.31. The zero-order chi connectivity index (χ0) is 11.3. The van der Waals surface area contributed by atoms with Gasteiger partial charge < -0.3 is 10.6 Å². The van der Waals surface area contributed by atoms with E-state index in [9.17, 15) is 0 Å². The number of rotatable bonds is 6. The van der Waals surface area contributed by atoms with E-state index < -0.39 is 0 Å². The lowest BCUT2D eigenvalue weighted by molar-refractivity contribution is 0.624. The van der Waals surface area contributed by atoms with Crippen molar-refractivity contribution < 1.29 is 0 Å². The van der Waals surface area contributed by atoms with Crippen molar-refractivity contribution in [3.63, 3.8) is 0 Å². The number of aromatic nitrogens is 1. The first-order chi connectivity index (χ1) is 7.15. The van der Waals surface area contributed by atoms with Gasteiger partial charge in [-0.1, -0.05) is 31.1 Å². The van der Waals surface area contributed by atoms with Crippen LogP contribution in [0.3, 0.4) is 0 Å². The number of nitrogens with two attached hydrogens (primary N) is 1. The van der Waals surface area contributed by atoms with Gasteiger partial charge in [0.25, 0.3) is 0 Å². The van der Waals surface area contributed by atoms with E-state index in [1.165, 1.54) is 19.3 Å². The van der Waals surface area contributed by atoms with E-state index in [0.717, 1.165) is 16.7 Å². The lowest BCUT2D eigenvalue weighted by Gasteiger charge is -2.25. The Morgan fingerprint density at radius 3 is 2.67 bits per heavy atom. The fourth-order valence-corrected chi connectivity index (χ4v) is 2.36. The molecule has 1 heterocycles. The van der Waals surface area contributed by atoms with E-state index in [1.54, 1.807) is 17.5 Å². The lowest BCUT2D eigenvalue weighted by atomic mass is 10.2. The molecule has 0 spiro atoms. The van der Waals surface area contributed by atoms with Gasteiger partial charge in [0.2, 0.25) is 0 Å². The minimum absolute atomic E-state index is 0.493. The molecule has 1 aromatic rings.